The van der Waals surface area contributed by atoms with E-state index < -0.39 is 0 Å². The molecule has 2 N–H and O–H groups in total. The molecule has 0 bridgehead atoms. The fourth-order valence-electron chi connectivity index (χ4n) is 2.46. The summed E-state index contributed by atoms with van der Waals surface area (Å²) in [5.74, 6) is 1.79. The molecule has 0 aromatic carbocycles. The van der Waals surface area contributed by atoms with Crippen molar-refractivity contribution in [3.8, 4) is 0 Å². The molecule has 5 heteroatoms. The van der Waals surface area contributed by atoms with Crippen molar-refractivity contribution in [2.24, 2.45) is 0 Å². The smallest absolute Gasteiger partial charge is 0.135 e. The second-order valence-electron chi connectivity index (χ2n) is 4.73. The van der Waals surface area contributed by atoms with Crippen LogP contribution in [0.4, 0.5) is 5.82 Å². The van der Waals surface area contributed by atoms with E-state index in [2.05, 4.69) is 20.6 Å². The number of ether oxygens (including phenoxy) is 1. The standard InChI is InChI=1S/C12H18N4O/c1-8-14-11-7-17-6-10(11)12(15-8)16-9-3-2-4-13-5-9/h9,13H,2-7H2,1H3,(H,14,15,16). The van der Waals surface area contributed by atoms with Crippen molar-refractivity contribution in [1.82, 2.24) is 15.3 Å². The Morgan fingerprint density at radius 3 is 3.12 bits per heavy atom. The van der Waals surface area contributed by atoms with Crippen LogP contribution in [0, 0.1) is 6.92 Å². The van der Waals surface area contributed by atoms with Gasteiger partial charge in [0.2, 0.25) is 0 Å². The van der Waals surface area contributed by atoms with Crippen LogP contribution in [0.25, 0.3) is 0 Å². The van der Waals surface area contributed by atoms with E-state index in [1.807, 2.05) is 6.92 Å². The van der Waals surface area contributed by atoms with Crippen molar-refractivity contribution in [3.63, 3.8) is 0 Å². The number of aryl methyl sites for hydroxylation is 1. The highest BCUT2D eigenvalue weighted by molar-refractivity contribution is 5.48. The average Bonchev–Trinajstić information content (AvgIpc) is 2.78. The van der Waals surface area contributed by atoms with E-state index in [0.717, 1.165) is 36.0 Å². The summed E-state index contributed by atoms with van der Waals surface area (Å²) in [5.41, 5.74) is 2.19. The quantitative estimate of drug-likeness (QED) is 0.799. The van der Waals surface area contributed by atoms with Crippen LogP contribution in [0.3, 0.4) is 0 Å². The van der Waals surface area contributed by atoms with E-state index in [-0.39, 0.29) is 0 Å². The van der Waals surface area contributed by atoms with Crippen LogP contribution >= 0.6 is 0 Å². The summed E-state index contributed by atoms with van der Waals surface area (Å²) in [6, 6.07) is 0.475. The maximum Gasteiger partial charge on any atom is 0.135 e. The number of hydrogen-bond acceptors (Lipinski definition) is 5. The van der Waals surface area contributed by atoms with Gasteiger partial charge >= 0.3 is 0 Å². The molecule has 1 aromatic heterocycles. The number of aromatic nitrogens is 2. The predicted molar refractivity (Wildman–Crippen MR) is 64.8 cm³/mol. The molecule has 2 aliphatic rings. The van der Waals surface area contributed by atoms with Gasteiger partial charge in [0.25, 0.3) is 0 Å². The number of fused-ring (bicyclic) bond motifs is 1. The molecule has 2 aliphatic heterocycles. The lowest BCUT2D eigenvalue weighted by Gasteiger charge is -2.25. The van der Waals surface area contributed by atoms with Crippen molar-refractivity contribution in [2.75, 3.05) is 18.4 Å². The van der Waals surface area contributed by atoms with E-state index in [1.54, 1.807) is 0 Å². The molecule has 1 aromatic rings. The lowest BCUT2D eigenvalue weighted by Crippen LogP contribution is -2.38. The van der Waals surface area contributed by atoms with E-state index in [4.69, 9.17) is 4.74 Å². The van der Waals surface area contributed by atoms with Crippen LogP contribution in [0.2, 0.25) is 0 Å². The maximum absolute atomic E-state index is 5.44. The van der Waals surface area contributed by atoms with Gasteiger partial charge in [0.1, 0.15) is 11.6 Å². The SMILES string of the molecule is Cc1nc2c(c(NC3CCCNC3)n1)COC2. The Kier molecular flexibility index (Phi) is 2.94. The van der Waals surface area contributed by atoms with Crippen LogP contribution in [0.15, 0.2) is 0 Å². The Morgan fingerprint density at radius 1 is 1.35 bits per heavy atom. The van der Waals surface area contributed by atoms with Crippen LogP contribution in [0.5, 0.6) is 0 Å². The first-order chi connectivity index (χ1) is 8.33. The van der Waals surface area contributed by atoms with Gasteiger partial charge in [-0.05, 0) is 26.3 Å². The third-order valence-corrected chi connectivity index (χ3v) is 3.33. The number of piperidine rings is 1. The highest BCUT2D eigenvalue weighted by Crippen LogP contribution is 2.25. The summed E-state index contributed by atoms with van der Waals surface area (Å²) >= 11 is 0. The van der Waals surface area contributed by atoms with Crippen LogP contribution < -0.4 is 10.6 Å². The Labute approximate surface area is 101 Å². The first-order valence-electron chi connectivity index (χ1n) is 6.24. The summed E-state index contributed by atoms with van der Waals surface area (Å²) in [7, 11) is 0. The van der Waals surface area contributed by atoms with Crippen molar-refractivity contribution in [2.45, 2.75) is 39.0 Å². The minimum atomic E-state index is 0.475. The molecule has 1 unspecified atom stereocenters. The molecule has 0 saturated carbocycles. The Morgan fingerprint density at radius 2 is 2.29 bits per heavy atom. The molecule has 1 saturated heterocycles. The monoisotopic (exact) mass is 234 g/mol. The predicted octanol–water partition coefficient (Wildman–Crippen LogP) is 0.979. The van der Waals surface area contributed by atoms with Crippen LogP contribution in [0.1, 0.15) is 29.9 Å². The van der Waals surface area contributed by atoms with Gasteiger partial charge in [-0.25, -0.2) is 9.97 Å². The Hall–Kier alpha value is -1.20. The van der Waals surface area contributed by atoms with Crippen molar-refractivity contribution < 1.29 is 4.74 Å². The Balaban J connectivity index is 1.82. The molecule has 1 fully saturated rings. The summed E-state index contributed by atoms with van der Waals surface area (Å²) in [4.78, 5) is 8.92. The molecule has 0 radical (unpaired) electrons. The molecule has 17 heavy (non-hydrogen) atoms. The van der Waals surface area contributed by atoms with Gasteiger partial charge in [0.15, 0.2) is 0 Å². The average molecular weight is 234 g/mol. The molecule has 0 aliphatic carbocycles. The first kappa shape index (κ1) is 10.9. The molecule has 1 atom stereocenters. The number of anilines is 1. The van der Waals surface area contributed by atoms with Gasteiger partial charge in [-0.15, -0.1) is 0 Å². The van der Waals surface area contributed by atoms with Crippen LogP contribution in [-0.4, -0.2) is 29.1 Å². The highest BCUT2D eigenvalue weighted by atomic mass is 16.5. The van der Waals surface area contributed by atoms with Gasteiger partial charge < -0.3 is 15.4 Å². The van der Waals surface area contributed by atoms with Gasteiger partial charge in [0, 0.05) is 18.2 Å². The molecule has 0 spiro atoms. The number of nitrogens with zero attached hydrogens (tertiary/aromatic N) is 2. The van der Waals surface area contributed by atoms with Gasteiger partial charge in [0.05, 0.1) is 18.9 Å². The Bertz CT molecular complexity index is 415. The zero-order valence-electron chi connectivity index (χ0n) is 10.1. The topological polar surface area (TPSA) is 59.1 Å². The van der Waals surface area contributed by atoms with Gasteiger partial charge in [-0.2, -0.15) is 0 Å². The normalized spacial score (nSPS) is 23.5. The van der Waals surface area contributed by atoms with E-state index in [9.17, 15) is 0 Å². The largest absolute Gasteiger partial charge is 0.370 e. The van der Waals surface area contributed by atoms with E-state index in [0.29, 0.717) is 19.3 Å². The van der Waals surface area contributed by atoms with Crippen LogP contribution in [-0.2, 0) is 18.0 Å². The van der Waals surface area contributed by atoms with Crippen molar-refractivity contribution >= 4 is 5.82 Å². The van der Waals surface area contributed by atoms with Crippen molar-refractivity contribution in [3.05, 3.63) is 17.1 Å². The summed E-state index contributed by atoms with van der Waals surface area (Å²) in [6.07, 6.45) is 2.42. The second kappa shape index (κ2) is 4.58. The van der Waals surface area contributed by atoms with Crippen molar-refractivity contribution in [1.29, 1.82) is 0 Å². The third kappa shape index (κ3) is 2.25. The third-order valence-electron chi connectivity index (χ3n) is 3.33. The van der Waals surface area contributed by atoms with E-state index >= 15 is 0 Å². The zero-order chi connectivity index (χ0) is 11.7. The summed E-state index contributed by atoms with van der Waals surface area (Å²) in [6.45, 7) is 5.33. The second-order valence-corrected chi connectivity index (χ2v) is 4.73. The van der Waals surface area contributed by atoms with Gasteiger partial charge in [-0.3, -0.25) is 0 Å². The molecule has 3 rings (SSSR count). The summed E-state index contributed by atoms with van der Waals surface area (Å²) in [5, 5.41) is 6.93. The molecular weight excluding hydrogens is 216 g/mol. The van der Waals surface area contributed by atoms with Gasteiger partial charge in [-0.1, -0.05) is 0 Å². The number of rotatable bonds is 2. The maximum atomic E-state index is 5.44. The lowest BCUT2D eigenvalue weighted by atomic mass is 10.1. The first-order valence-corrected chi connectivity index (χ1v) is 6.24. The fourth-order valence-corrected chi connectivity index (χ4v) is 2.46. The molecule has 0 amide bonds. The van der Waals surface area contributed by atoms with E-state index in [1.165, 1.54) is 12.8 Å². The molecule has 3 heterocycles. The lowest BCUT2D eigenvalue weighted by molar-refractivity contribution is 0.133. The minimum absolute atomic E-state index is 0.475. The fraction of sp³-hybridized carbons (Fsp3) is 0.667. The number of nitrogens with one attached hydrogen (secondary N) is 2. The zero-order valence-corrected chi connectivity index (χ0v) is 10.1. The molecular formula is C12H18N4O. The molecule has 5 nitrogen and oxygen atoms in total. The highest BCUT2D eigenvalue weighted by Gasteiger charge is 2.21. The minimum Gasteiger partial charge on any atom is -0.370 e. The molecule has 92 valence electrons. The number of hydrogen-bond donors (Lipinski definition) is 2. The summed E-state index contributed by atoms with van der Waals surface area (Å²) < 4.78 is 5.44.